The van der Waals surface area contributed by atoms with Crippen molar-refractivity contribution in [3.05, 3.63) is 29.8 Å². The van der Waals surface area contributed by atoms with Gasteiger partial charge in [-0.15, -0.1) is 0 Å². The van der Waals surface area contributed by atoms with E-state index in [4.69, 9.17) is 9.47 Å². The highest BCUT2D eigenvalue weighted by molar-refractivity contribution is 5.93. The van der Waals surface area contributed by atoms with Gasteiger partial charge in [0.15, 0.2) is 5.78 Å². The third-order valence-electron chi connectivity index (χ3n) is 4.02. The van der Waals surface area contributed by atoms with Crippen molar-refractivity contribution in [2.75, 3.05) is 13.2 Å². The summed E-state index contributed by atoms with van der Waals surface area (Å²) in [4.78, 5) is 12.7. The van der Waals surface area contributed by atoms with Gasteiger partial charge in [-0.1, -0.05) is 18.2 Å². The second-order valence-corrected chi connectivity index (χ2v) is 5.27. The molecule has 0 radical (unpaired) electrons. The van der Waals surface area contributed by atoms with Crippen LogP contribution in [-0.4, -0.2) is 24.6 Å². The highest BCUT2D eigenvalue weighted by Crippen LogP contribution is 2.39. The molecule has 0 aliphatic carbocycles. The third-order valence-corrected chi connectivity index (χ3v) is 4.02. The standard InChI is InChI=1S/C15H18O3/c1-15(8-4-9-18-15)14(16)12-7-10-17-13-6-3-2-5-11(12)13/h2-3,5-6,12H,4,7-10H2,1H3. The van der Waals surface area contributed by atoms with Crippen LogP contribution >= 0.6 is 0 Å². The van der Waals surface area contributed by atoms with E-state index in [1.54, 1.807) is 0 Å². The molecule has 1 aromatic rings. The van der Waals surface area contributed by atoms with Crippen molar-refractivity contribution < 1.29 is 14.3 Å². The first-order valence-electron chi connectivity index (χ1n) is 6.61. The second kappa shape index (κ2) is 4.39. The van der Waals surface area contributed by atoms with Gasteiger partial charge in [0.05, 0.1) is 12.5 Å². The normalized spacial score (nSPS) is 30.6. The SMILES string of the molecule is CC1(C(=O)C2CCOc3ccccc32)CCCO1. The monoisotopic (exact) mass is 246 g/mol. The van der Waals surface area contributed by atoms with Gasteiger partial charge in [-0.05, 0) is 32.3 Å². The van der Waals surface area contributed by atoms with Crippen molar-refractivity contribution >= 4 is 5.78 Å². The molecule has 3 nitrogen and oxygen atoms in total. The van der Waals surface area contributed by atoms with Gasteiger partial charge in [-0.25, -0.2) is 0 Å². The molecule has 96 valence electrons. The number of carbonyl (C=O) groups is 1. The number of hydrogen-bond acceptors (Lipinski definition) is 3. The van der Waals surface area contributed by atoms with Crippen molar-refractivity contribution in [3.63, 3.8) is 0 Å². The summed E-state index contributed by atoms with van der Waals surface area (Å²) in [7, 11) is 0. The predicted molar refractivity (Wildman–Crippen MR) is 67.9 cm³/mol. The lowest BCUT2D eigenvalue weighted by Gasteiger charge is -2.31. The maximum atomic E-state index is 12.7. The minimum absolute atomic E-state index is 0.0713. The minimum Gasteiger partial charge on any atom is -0.493 e. The fourth-order valence-corrected chi connectivity index (χ4v) is 2.96. The highest BCUT2D eigenvalue weighted by atomic mass is 16.5. The molecule has 0 amide bonds. The molecule has 3 heteroatoms. The molecule has 0 aromatic heterocycles. The van der Waals surface area contributed by atoms with Crippen molar-refractivity contribution in [3.8, 4) is 5.75 Å². The number of Topliss-reactive ketones (excluding diaryl/α,β-unsaturated/α-hetero) is 1. The first kappa shape index (κ1) is 11.7. The van der Waals surface area contributed by atoms with Crippen LogP contribution in [0.4, 0.5) is 0 Å². The molecule has 2 atom stereocenters. The Balaban J connectivity index is 1.92. The molecular weight excluding hydrogens is 228 g/mol. The number of ketones is 1. The molecule has 1 aromatic carbocycles. The third kappa shape index (κ3) is 1.83. The Labute approximate surface area is 107 Å². The molecular formula is C15H18O3. The number of benzene rings is 1. The summed E-state index contributed by atoms with van der Waals surface area (Å²) in [6.45, 7) is 3.25. The summed E-state index contributed by atoms with van der Waals surface area (Å²) in [5.74, 6) is 0.998. The van der Waals surface area contributed by atoms with Crippen LogP contribution in [0.1, 0.15) is 37.7 Å². The summed E-state index contributed by atoms with van der Waals surface area (Å²) in [5.41, 5.74) is 0.431. The van der Waals surface area contributed by atoms with Crippen molar-refractivity contribution in [2.24, 2.45) is 0 Å². The number of para-hydroxylation sites is 1. The van der Waals surface area contributed by atoms with Gasteiger partial charge in [-0.3, -0.25) is 4.79 Å². The maximum absolute atomic E-state index is 12.7. The first-order valence-corrected chi connectivity index (χ1v) is 6.61. The van der Waals surface area contributed by atoms with Gasteiger partial charge in [-0.2, -0.15) is 0 Å². The van der Waals surface area contributed by atoms with Gasteiger partial charge in [0.2, 0.25) is 0 Å². The summed E-state index contributed by atoms with van der Waals surface area (Å²) in [6.07, 6.45) is 2.58. The van der Waals surface area contributed by atoms with Crippen LogP contribution in [0.5, 0.6) is 5.75 Å². The van der Waals surface area contributed by atoms with Crippen molar-refractivity contribution in [2.45, 2.75) is 37.7 Å². The van der Waals surface area contributed by atoms with Gasteiger partial charge >= 0.3 is 0 Å². The average molecular weight is 246 g/mol. The number of hydrogen-bond donors (Lipinski definition) is 0. The van der Waals surface area contributed by atoms with E-state index < -0.39 is 5.60 Å². The zero-order chi connectivity index (χ0) is 12.6. The number of fused-ring (bicyclic) bond motifs is 1. The molecule has 18 heavy (non-hydrogen) atoms. The Morgan fingerprint density at radius 1 is 1.33 bits per heavy atom. The first-order chi connectivity index (χ1) is 8.71. The van der Waals surface area contributed by atoms with Gasteiger partial charge < -0.3 is 9.47 Å². The van der Waals surface area contributed by atoms with E-state index in [0.717, 1.165) is 30.6 Å². The van der Waals surface area contributed by atoms with Crippen LogP contribution in [0.25, 0.3) is 0 Å². The Morgan fingerprint density at radius 2 is 2.17 bits per heavy atom. The summed E-state index contributed by atoms with van der Waals surface area (Å²) >= 11 is 0. The van der Waals surface area contributed by atoms with Crippen molar-refractivity contribution in [1.82, 2.24) is 0 Å². The molecule has 2 unspecified atom stereocenters. The molecule has 0 spiro atoms. The lowest BCUT2D eigenvalue weighted by atomic mass is 9.81. The van der Waals surface area contributed by atoms with E-state index in [2.05, 4.69) is 0 Å². The Kier molecular flexibility index (Phi) is 2.86. The zero-order valence-corrected chi connectivity index (χ0v) is 10.6. The largest absolute Gasteiger partial charge is 0.493 e. The molecule has 0 saturated carbocycles. The molecule has 1 saturated heterocycles. The molecule has 2 heterocycles. The lowest BCUT2D eigenvalue weighted by Crippen LogP contribution is -2.39. The quantitative estimate of drug-likeness (QED) is 0.804. The fourth-order valence-electron chi connectivity index (χ4n) is 2.96. The lowest BCUT2D eigenvalue weighted by molar-refractivity contribution is -0.139. The van der Waals surface area contributed by atoms with Crippen LogP contribution in [-0.2, 0) is 9.53 Å². The summed E-state index contributed by atoms with van der Waals surface area (Å²) in [5, 5.41) is 0. The summed E-state index contributed by atoms with van der Waals surface area (Å²) < 4.78 is 11.3. The zero-order valence-electron chi connectivity index (χ0n) is 10.6. The second-order valence-electron chi connectivity index (χ2n) is 5.27. The minimum atomic E-state index is -0.588. The van der Waals surface area contributed by atoms with E-state index in [9.17, 15) is 4.79 Å². The molecule has 2 aliphatic rings. The average Bonchev–Trinajstić information content (AvgIpc) is 2.85. The molecule has 0 N–H and O–H groups in total. The van der Waals surface area contributed by atoms with E-state index >= 15 is 0 Å². The molecule has 0 bridgehead atoms. The highest BCUT2D eigenvalue weighted by Gasteiger charge is 2.43. The molecule has 3 rings (SSSR count). The Bertz CT molecular complexity index is 461. The van der Waals surface area contributed by atoms with Crippen LogP contribution in [0.15, 0.2) is 24.3 Å². The Hall–Kier alpha value is -1.35. The predicted octanol–water partition coefficient (Wildman–Crippen LogP) is 2.69. The number of rotatable bonds is 2. The fraction of sp³-hybridized carbons (Fsp3) is 0.533. The summed E-state index contributed by atoms with van der Waals surface area (Å²) in [6, 6.07) is 7.84. The maximum Gasteiger partial charge on any atom is 0.172 e. The topological polar surface area (TPSA) is 35.5 Å². The van der Waals surface area contributed by atoms with Crippen LogP contribution < -0.4 is 4.74 Å². The van der Waals surface area contributed by atoms with Crippen LogP contribution in [0.3, 0.4) is 0 Å². The van der Waals surface area contributed by atoms with Crippen molar-refractivity contribution in [1.29, 1.82) is 0 Å². The van der Waals surface area contributed by atoms with Crippen LogP contribution in [0.2, 0.25) is 0 Å². The van der Waals surface area contributed by atoms with Gasteiger partial charge in [0.1, 0.15) is 11.4 Å². The van der Waals surface area contributed by atoms with E-state index in [-0.39, 0.29) is 11.7 Å². The van der Waals surface area contributed by atoms with E-state index in [0.29, 0.717) is 13.2 Å². The van der Waals surface area contributed by atoms with Gasteiger partial charge in [0.25, 0.3) is 0 Å². The van der Waals surface area contributed by atoms with Crippen LogP contribution in [0, 0.1) is 0 Å². The number of ether oxygens (including phenoxy) is 2. The van der Waals surface area contributed by atoms with E-state index in [1.165, 1.54) is 0 Å². The van der Waals surface area contributed by atoms with E-state index in [1.807, 2.05) is 31.2 Å². The molecule has 1 fully saturated rings. The Morgan fingerprint density at radius 3 is 2.94 bits per heavy atom. The van der Waals surface area contributed by atoms with Gasteiger partial charge in [0, 0.05) is 12.2 Å². The smallest absolute Gasteiger partial charge is 0.172 e. The number of carbonyl (C=O) groups excluding carboxylic acids is 1. The molecule has 2 aliphatic heterocycles.